The number of hydrogen-bond donors (Lipinski definition) is 2. The molecule has 2 rings (SSSR count). The smallest absolute Gasteiger partial charge is 0.337 e. The number of nitrogens with two attached hydrogens (primary N) is 1. The number of para-hydroxylation sites is 1. The van der Waals surface area contributed by atoms with E-state index in [1.807, 2.05) is 4.90 Å². The molecule has 1 amide bonds. The van der Waals surface area contributed by atoms with Crippen molar-refractivity contribution in [1.82, 2.24) is 0 Å². The van der Waals surface area contributed by atoms with E-state index in [0.29, 0.717) is 12.2 Å². The monoisotopic (exact) mass is 248 g/mol. The van der Waals surface area contributed by atoms with Gasteiger partial charge in [-0.05, 0) is 25.0 Å². The molecule has 3 N–H and O–H groups in total. The number of primary amides is 1. The molecule has 1 aromatic rings. The molecule has 0 saturated carbocycles. The second-order valence-corrected chi connectivity index (χ2v) is 4.51. The highest BCUT2D eigenvalue weighted by Crippen LogP contribution is 2.26. The second kappa shape index (κ2) is 5.08. The first-order chi connectivity index (χ1) is 8.59. The number of aromatic carboxylic acids is 1. The van der Waals surface area contributed by atoms with Crippen LogP contribution < -0.4 is 10.6 Å². The Labute approximate surface area is 105 Å². The van der Waals surface area contributed by atoms with Crippen molar-refractivity contribution in [2.75, 3.05) is 18.0 Å². The fraction of sp³-hybridized carbons (Fsp3) is 0.385. The number of benzene rings is 1. The van der Waals surface area contributed by atoms with Crippen LogP contribution in [0.1, 0.15) is 23.2 Å². The number of carboxylic acid groups (broad SMARTS) is 1. The number of piperidine rings is 1. The second-order valence-electron chi connectivity index (χ2n) is 4.51. The Kier molecular flexibility index (Phi) is 3.50. The van der Waals surface area contributed by atoms with Crippen LogP contribution in [0, 0.1) is 5.92 Å². The largest absolute Gasteiger partial charge is 0.478 e. The van der Waals surface area contributed by atoms with Crippen LogP contribution in [0.3, 0.4) is 0 Å². The van der Waals surface area contributed by atoms with Gasteiger partial charge in [-0.3, -0.25) is 4.79 Å². The molecule has 0 aromatic heterocycles. The lowest BCUT2D eigenvalue weighted by molar-refractivity contribution is -0.122. The molecule has 1 heterocycles. The molecule has 1 saturated heterocycles. The Morgan fingerprint density at radius 2 is 2.06 bits per heavy atom. The molecule has 1 aliphatic rings. The third-order valence-electron chi connectivity index (χ3n) is 3.30. The normalized spacial score (nSPS) is 19.6. The highest BCUT2D eigenvalue weighted by molar-refractivity contribution is 5.94. The average molecular weight is 248 g/mol. The van der Waals surface area contributed by atoms with Crippen LogP contribution in [0.2, 0.25) is 0 Å². The predicted molar refractivity (Wildman–Crippen MR) is 67.5 cm³/mol. The minimum Gasteiger partial charge on any atom is -0.478 e. The fourth-order valence-corrected chi connectivity index (χ4v) is 2.36. The number of carbonyl (C=O) groups excluding carboxylic acids is 1. The minimum atomic E-state index is -0.952. The van der Waals surface area contributed by atoms with Gasteiger partial charge in [-0.25, -0.2) is 4.79 Å². The Morgan fingerprint density at radius 3 is 2.72 bits per heavy atom. The van der Waals surface area contributed by atoms with Gasteiger partial charge in [0.25, 0.3) is 0 Å². The summed E-state index contributed by atoms with van der Waals surface area (Å²) >= 11 is 0. The summed E-state index contributed by atoms with van der Waals surface area (Å²) in [6, 6.07) is 6.84. The number of amides is 1. The SMILES string of the molecule is NC(=O)C1CCCN(c2ccccc2C(=O)O)C1. The van der Waals surface area contributed by atoms with E-state index in [0.717, 1.165) is 19.4 Å². The highest BCUT2D eigenvalue weighted by atomic mass is 16.4. The highest BCUT2D eigenvalue weighted by Gasteiger charge is 2.26. The zero-order chi connectivity index (χ0) is 13.1. The van der Waals surface area contributed by atoms with E-state index in [9.17, 15) is 9.59 Å². The molecule has 0 aliphatic carbocycles. The van der Waals surface area contributed by atoms with E-state index in [1.54, 1.807) is 24.3 Å². The topological polar surface area (TPSA) is 83.6 Å². The molecule has 5 nitrogen and oxygen atoms in total. The van der Waals surface area contributed by atoms with Gasteiger partial charge in [0.2, 0.25) is 5.91 Å². The van der Waals surface area contributed by atoms with Gasteiger partial charge in [0, 0.05) is 13.1 Å². The lowest BCUT2D eigenvalue weighted by Gasteiger charge is -2.33. The summed E-state index contributed by atoms with van der Waals surface area (Å²) in [6.45, 7) is 1.26. The molecular formula is C13H16N2O3. The standard InChI is InChI=1S/C13H16N2O3/c14-12(16)9-4-3-7-15(8-9)11-6-2-1-5-10(11)13(17)18/h1-2,5-6,9H,3-4,7-8H2,(H2,14,16)(H,17,18). The molecule has 1 unspecified atom stereocenters. The first-order valence-electron chi connectivity index (χ1n) is 5.96. The summed E-state index contributed by atoms with van der Waals surface area (Å²) in [4.78, 5) is 24.3. The van der Waals surface area contributed by atoms with E-state index < -0.39 is 5.97 Å². The molecular weight excluding hydrogens is 232 g/mol. The van der Waals surface area contributed by atoms with Crippen LogP contribution in [-0.4, -0.2) is 30.1 Å². The third kappa shape index (κ3) is 2.45. The number of anilines is 1. The lowest BCUT2D eigenvalue weighted by atomic mass is 9.96. The maximum atomic E-state index is 11.2. The zero-order valence-corrected chi connectivity index (χ0v) is 10.0. The van der Waals surface area contributed by atoms with Crippen molar-refractivity contribution in [2.45, 2.75) is 12.8 Å². The molecule has 96 valence electrons. The van der Waals surface area contributed by atoms with Crippen molar-refractivity contribution in [1.29, 1.82) is 0 Å². The molecule has 1 atom stereocenters. The van der Waals surface area contributed by atoms with Crippen LogP contribution in [0.5, 0.6) is 0 Å². The maximum Gasteiger partial charge on any atom is 0.337 e. The van der Waals surface area contributed by atoms with Crippen LogP contribution in [0.4, 0.5) is 5.69 Å². The van der Waals surface area contributed by atoms with E-state index >= 15 is 0 Å². The summed E-state index contributed by atoms with van der Waals surface area (Å²) in [5.74, 6) is -1.46. The third-order valence-corrected chi connectivity index (χ3v) is 3.30. The van der Waals surface area contributed by atoms with E-state index in [2.05, 4.69) is 0 Å². The molecule has 0 radical (unpaired) electrons. The van der Waals surface area contributed by atoms with E-state index in [1.165, 1.54) is 0 Å². The first kappa shape index (κ1) is 12.4. The Balaban J connectivity index is 2.26. The molecule has 1 fully saturated rings. The Morgan fingerprint density at radius 1 is 1.33 bits per heavy atom. The summed E-state index contributed by atoms with van der Waals surface area (Å²) in [6.07, 6.45) is 1.63. The molecule has 0 spiro atoms. The van der Waals surface area contributed by atoms with Crippen molar-refractivity contribution < 1.29 is 14.7 Å². The maximum absolute atomic E-state index is 11.2. The predicted octanol–water partition coefficient (Wildman–Crippen LogP) is 1.09. The Bertz CT molecular complexity index is 473. The minimum absolute atomic E-state index is 0.194. The van der Waals surface area contributed by atoms with Gasteiger partial charge in [0.15, 0.2) is 0 Å². The van der Waals surface area contributed by atoms with Gasteiger partial charge >= 0.3 is 5.97 Å². The first-order valence-corrected chi connectivity index (χ1v) is 5.96. The number of carbonyl (C=O) groups is 2. The van der Waals surface area contributed by atoms with Crippen molar-refractivity contribution in [3.05, 3.63) is 29.8 Å². The van der Waals surface area contributed by atoms with Gasteiger partial charge < -0.3 is 15.7 Å². The molecule has 18 heavy (non-hydrogen) atoms. The number of carboxylic acids is 1. The van der Waals surface area contributed by atoms with Gasteiger partial charge in [-0.1, -0.05) is 12.1 Å². The number of rotatable bonds is 3. The van der Waals surface area contributed by atoms with Crippen molar-refractivity contribution in [3.8, 4) is 0 Å². The molecule has 0 bridgehead atoms. The van der Waals surface area contributed by atoms with Gasteiger partial charge in [0.05, 0.1) is 17.2 Å². The van der Waals surface area contributed by atoms with Crippen LogP contribution >= 0.6 is 0 Å². The zero-order valence-electron chi connectivity index (χ0n) is 10.0. The van der Waals surface area contributed by atoms with E-state index in [4.69, 9.17) is 10.8 Å². The Hall–Kier alpha value is -2.04. The average Bonchev–Trinajstić information content (AvgIpc) is 2.39. The van der Waals surface area contributed by atoms with E-state index in [-0.39, 0.29) is 17.4 Å². The quantitative estimate of drug-likeness (QED) is 0.838. The van der Waals surface area contributed by atoms with Crippen LogP contribution in [0.15, 0.2) is 24.3 Å². The van der Waals surface area contributed by atoms with Crippen LogP contribution in [-0.2, 0) is 4.79 Å². The van der Waals surface area contributed by atoms with Crippen LogP contribution in [0.25, 0.3) is 0 Å². The van der Waals surface area contributed by atoms with Crippen molar-refractivity contribution >= 4 is 17.6 Å². The summed E-state index contributed by atoms with van der Waals surface area (Å²) in [5, 5.41) is 9.15. The lowest BCUT2D eigenvalue weighted by Crippen LogP contribution is -2.41. The summed E-state index contributed by atoms with van der Waals surface area (Å²) in [7, 11) is 0. The fourth-order valence-electron chi connectivity index (χ4n) is 2.36. The summed E-state index contributed by atoms with van der Waals surface area (Å²) in [5.41, 5.74) is 6.25. The van der Waals surface area contributed by atoms with Crippen molar-refractivity contribution in [2.24, 2.45) is 11.7 Å². The van der Waals surface area contributed by atoms with Gasteiger partial charge in [0.1, 0.15) is 0 Å². The molecule has 5 heteroatoms. The number of nitrogens with zero attached hydrogens (tertiary/aromatic N) is 1. The molecule has 1 aromatic carbocycles. The van der Waals surface area contributed by atoms with Gasteiger partial charge in [-0.15, -0.1) is 0 Å². The summed E-state index contributed by atoms with van der Waals surface area (Å²) < 4.78 is 0. The number of hydrogen-bond acceptors (Lipinski definition) is 3. The van der Waals surface area contributed by atoms with Crippen molar-refractivity contribution in [3.63, 3.8) is 0 Å². The molecule has 1 aliphatic heterocycles. The van der Waals surface area contributed by atoms with Gasteiger partial charge in [-0.2, -0.15) is 0 Å².